The van der Waals surface area contributed by atoms with E-state index in [-0.39, 0.29) is 11.6 Å². The molecule has 2 fully saturated rings. The van der Waals surface area contributed by atoms with Crippen molar-refractivity contribution in [3.05, 3.63) is 35.1 Å². The normalized spacial score (nSPS) is 22.2. The first-order valence-electron chi connectivity index (χ1n) is 8.01. The number of ether oxygens (including phenoxy) is 1. The van der Waals surface area contributed by atoms with E-state index < -0.39 is 5.82 Å². The molecular weight excluding hydrogens is 281 g/mol. The van der Waals surface area contributed by atoms with Crippen LogP contribution in [0.3, 0.4) is 0 Å². The van der Waals surface area contributed by atoms with E-state index in [9.17, 15) is 4.39 Å². The van der Waals surface area contributed by atoms with Crippen LogP contribution in [0.2, 0.25) is 0 Å². The molecule has 1 aromatic carbocycles. The van der Waals surface area contributed by atoms with Gasteiger partial charge in [0.15, 0.2) is 0 Å². The lowest BCUT2D eigenvalue weighted by Crippen LogP contribution is -2.47. The van der Waals surface area contributed by atoms with Crippen molar-refractivity contribution < 1.29 is 9.13 Å². The van der Waals surface area contributed by atoms with Gasteiger partial charge in [0.05, 0.1) is 5.56 Å². The standard InChI is InChI=1S/C17H22FN3O/c18-16-2-1-14(11-15(16)12-19)17(13-3-9-22-10-4-13)21-7-5-20-6-8-21/h1-2,11,13,17,20H,3-10H2/t17-/m0/s1. The summed E-state index contributed by atoms with van der Waals surface area (Å²) in [5, 5.41) is 12.5. The van der Waals surface area contributed by atoms with Gasteiger partial charge in [-0.15, -0.1) is 0 Å². The van der Waals surface area contributed by atoms with Gasteiger partial charge in [0.1, 0.15) is 11.9 Å². The maximum Gasteiger partial charge on any atom is 0.140 e. The molecule has 1 N–H and O–H groups in total. The summed E-state index contributed by atoms with van der Waals surface area (Å²) in [7, 11) is 0. The van der Waals surface area contributed by atoms with Crippen molar-refractivity contribution in [1.82, 2.24) is 10.2 Å². The topological polar surface area (TPSA) is 48.3 Å². The molecule has 0 radical (unpaired) electrons. The van der Waals surface area contributed by atoms with Crippen LogP contribution in [-0.4, -0.2) is 44.3 Å². The monoisotopic (exact) mass is 303 g/mol. The number of nitrogens with one attached hydrogen (secondary N) is 1. The second kappa shape index (κ2) is 7.19. The van der Waals surface area contributed by atoms with E-state index in [4.69, 9.17) is 10.00 Å². The first-order chi connectivity index (χ1) is 10.8. The van der Waals surface area contributed by atoms with Gasteiger partial charge in [-0.3, -0.25) is 4.90 Å². The first kappa shape index (κ1) is 15.4. The van der Waals surface area contributed by atoms with Crippen LogP contribution in [0.4, 0.5) is 4.39 Å². The summed E-state index contributed by atoms with van der Waals surface area (Å²) in [5.41, 5.74) is 1.21. The summed E-state index contributed by atoms with van der Waals surface area (Å²) in [6.07, 6.45) is 2.04. The quantitative estimate of drug-likeness (QED) is 0.928. The lowest BCUT2D eigenvalue weighted by molar-refractivity contribution is 0.0213. The molecule has 118 valence electrons. The van der Waals surface area contributed by atoms with E-state index in [1.54, 1.807) is 6.07 Å². The van der Waals surface area contributed by atoms with Crippen LogP contribution in [0.15, 0.2) is 18.2 Å². The third kappa shape index (κ3) is 3.30. The number of nitriles is 1. The van der Waals surface area contributed by atoms with E-state index >= 15 is 0 Å². The van der Waals surface area contributed by atoms with Gasteiger partial charge in [-0.2, -0.15) is 5.26 Å². The minimum Gasteiger partial charge on any atom is -0.381 e. The summed E-state index contributed by atoms with van der Waals surface area (Å²) in [6.45, 7) is 5.51. The van der Waals surface area contributed by atoms with Gasteiger partial charge in [0, 0.05) is 45.4 Å². The summed E-state index contributed by atoms with van der Waals surface area (Å²) in [6, 6.07) is 7.23. The van der Waals surface area contributed by atoms with E-state index in [0.717, 1.165) is 57.8 Å². The van der Waals surface area contributed by atoms with Crippen LogP contribution in [0, 0.1) is 23.1 Å². The van der Waals surface area contributed by atoms with E-state index in [2.05, 4.69) is 10.2 Å². The average molecular weight is 303 g/mol. The van der Waals surface area contributed by atoms with Crippen LogP contribution in [0.25, 0.3) is 0 Å². The lowest BCUT2D eigenvalue weighted by Gasteiger charge is -2.41. The first-order valence-corrected chi connectivity index (χ1v) is 8.01. The summed E-state index contributed by atoms with van der Waals surface area (Å²) in [5.74, 6) is 0.0705. The summed E-state index contributed by atoms with van der Waals surface area (Å²) in [4.78, 5) is 2.47. The predicted octanol–water partition coefficient (Wildman–Crippen LogP) is 2.07. The van der Waals surface area contributed by atoms with Crippen molar-refractivity contribution in [2.45, 2.75) is 18.9 Å². The highest BCUT2D eigenvalue weighted by atomic mass is 19.1. The Morgan fingerprint density at radius 2 is 2.00 bits per heavy atom. The predicted molar refractivity (Wildman–Crippen MR) is 81.8 cm³/mol. The SMILES string of the molecule is N#Cc1cc([C@H](C2CCOCC2)N2CCNCC2)ccc1F. The number of rotatable bonds is 3. The molecule has 1 aromatic rings. The van der Waals surface area contributed by atoms with Gasteiger partial charge in [-0.1, -0.05) is 6.07 Å². The molecule has 0 aromatic heterocycles. The second-order valence-electron chi connectivity index (χ2n) is 6.03. The molecule has 3 rings (SSSR count). The van der Waals surface area contributed by atoms with Crippen molar-refractivity contribution in [2.75, 3.05) is 39.4 Å². The third-order valence-electron chi connectivity index (χ3n) is 4.71. The maximum atomic E-state index is 13.7. The summed E-state index contributed by atoms with van der Waals surface area (Å²) >= 11 is 0. The zero-order chi connectivity index (χ0) is 15.4. The molecule has 0 bridgehead atoms. The molecule has 2 aliphatic heterocycles. The van der Waals surface area contributed by atoms with Crippen molar-refractivity contribution in [3.63, 3.8) is 0 Å². The van der Waals surface area contributed by atoms with Crippen LogP contribution in [-0.2, 0) is 4.74 Å². The van der Waals surface area contributed by atoms with Crippen molar-refractivity contribution in [3.8, 4) is 6.07 Å². The van der Waals surface area contributed by atoms with Crippen molar-refractivity contribution in [2.24, 2.45) is 5.92 Å². The summed E-state index contributed by atoms with van der Waals surface area (Å²) < 4.78 is 19.1. The third-order valence-corrected chi connectivity index (χ3v) is 4.71. The molecule has 0 amide bonds. The zero-order valence-corrected chi connectivity index (χ0v) is 12.7. The number of benzene rings is 1. The van der Waals surface area contributed by atoms with Crippen LogP contribution in [0.5, 0.6) is 0 Å². The highest BCUT2D eigenvalue weighted by Gasteiger charge is 2.31. The van der Waals surface area contributed by atoms with Gasteiger partial charge in [-0.05, 0) is 36.5 Å². The minimum atomic E-state index is -0.433. The molecule has 5 heteroatoms. The molecule has 0 spiro atoms. The fourth-order valence-electron chi connectivity index (χ4n) is 3.59. The Labute approximate surface area is 130 Å². The molecule has 2 heterocycles. The molecule has 4 nitrogen and oxygen atoms in total. The molecule has 0 aliphatic carbocycles. The Bertz CT molecular complexity index is 527. The average Bonchev–Trinajstić information content (AvgIpc) is 2.58. The second-order valence-corrected chi connectivity index (χ2v) is 6.03. The Kier molecular flexibility index (Phi) is 5.04. The van der Waals surface area contributed by atoms with Gasteiger partial charge in [0.2, 0.25) is 0 Å². The fourth-order valence-corrected chi connectivity index (χ4v) is 3.59. The van der Waals surface area contributed by atoms with Crippen LogP contribution >= 0.6 is 0 Å². The number of nitrogens with zero attached hydrogens (tertiary/aromatic N) is 2. The zero-order valence-electron chi connectivity index (χ0n) is 12.7. The van der Waals surface area contributed by atoms with Crippen LogP contribution < -0.4 is 5.32 Å². The number of halogens is 1. The molecule has 2 aliphatic rings. The van der Waals surface area contributed by atoms with E-state index in [0.29, 0.717) is 5.92 Å². The molecule has 22 heavy (non-hydrogen) atoms. The van der Waals surface area contributed by atoms with E-state index in [1.165, 1.54) is 6.07 Å². The minimum absolute atomic E-state index is 0.143. The van der Waals surface area contributed by atoms with E-state index in [1.807, 2.05) is 12.1 Å². The van der Waals surface area contributed by atoms with Gasteiger partial charge in [-0.25, -0.2) is 4.39 Å². The Morgan fingerprint density at radius 1 is 1.27 bits per heavy atom. The highest BCUT2D eigenvalue weighted by Crippen LogP contribution is 2.35. The van der Waals surface area contributed by atoms with Gasteiger partial charge >= 0.3 is 0 Å². The molecule has 0 unspecified atom stereocenters. The van der Waals surface area contributed by atoms with Gasteiger partial charge in [0.25, 0.3) is 0 Å². The number of hydrogen-bond donors (Lipinski definition) is 1. The lowest BCUT2D eigenvalue weighted by atomic mass is 9.85. The Balaban J connectivity index is 1.91. The van der Waals surface area contributed by atoms with Crippen LogP contribution in [0.1, 0.15) is 30.0 Å². The van der Waals surface area contributed by atoms with Gasteiger partial charge < -0.3 is 10.1 Å². The molecule has 2 saturated heterocycles. The largest absolute Gasteiger partial charge is 0.381 e. The Morgan fingerprint density at radius 3 is 2.68 bits per heavy atom. The van der Waals surface area contributed by atoms with Crippen molar-refractivity contribution in [1.29, 1.82) is 5.26 Å². The molecular formula is C17H22FN3O. The highest BCUT2D eigenvalue weighted by molar-refractivity contribution is 5.36. The smallest absolute Gasteiger partial charge is 0.140 e. The number of hydrogen-bond acceptors (Lipinski definition) is 4. The maximum absolute atomic E-state index is 13.7. The molecule has 1 atom stereocenters. The Hall–Kier alpha value is -1.48. The van der Waals surface area contributed by atoms with Crippen molar-refractivity contribution >= 4 is 0 Å². The number of piperazine rings is 1. The fraction of sp³-hybridized carbons (Fsp3) is 0.588. The molecule has 0 saturated carbocycles.